The van der Waals surface area contributed by atoms with E-state index in [9.17, 15) is 18.0 Å². The van der Waals surface area contributed by atoms with Crippen LogP contribution in [0.3, 0.4) is 0 Å². The number of nitrogens with one attached hydrogen (secondary N) is 2. The number of benzene rings is 1. The lowest BCUT2D eigenvalue weighted by Crippen LogP contribution is -2.42. The van der Waals surface area contributed by atoms with E-state index in [0.29, 0.717) is 48.2 Å². The molecule has 5 rings (SSSR count). The highest BCUT2D eigenvalue weighted by Gasteiger charge is 2.41. The van der Waals surface area contributed by atoms with Crippen molar-refractivity contribution in [1.29, 1.82) is 0 Å². The Kier molecular flexibility index (Phi) is 5.57. The predicted molar refractivity (Wildman–Crippen MR) is 116 cm³/mol. The third-order valence-corrected chi connectivity index (χ3v) is 7.04. The summed E-state index contributed by atoms with van der Waals surface area (Å²) in [6.07, 6.45) is 6.59. The zero-order valence-corrected chi connectivity index (χ0v) is 17.8. The molecule has 3 atom stereocenters. The van der Waals surface area contributed by atoms with Crippen molar-refractivity contribution >= 4 is 11.6 Å². The van der Waals surface area contributed by atoms with E-state index in [-0.39, 0.29) is 17.5 Å². The van der Waals surface area contributed by atoms with E-state index in [1.54, 1.807) is 6.20 Å². The molecular weight excluding hydrogens is 417 g/mol. The van der Waals surface area contributed by atoms with Gasteiger partial charge >= 0.3 is 0 Å². The minimum atomic E-state index is -0.897. The SMILES string of the molecule is O=C(N[C@@H]1CC[C@H](F)C1)c1cncc(-c2cc(F)cc(F)c2)c1N1CCC2(CCCN2)C1. The van der Waals surface area contributed by atoms with E-state index < -0.39 is 17.8 Å². The summed E-state index contributed by atoms with van der Waals surface area (Å²) < 4.78 is 41.7. The van der Waals surface area contributed by atoms with Gasteiger partial charge in [-0.05, 0) is 62.8 Å². The van der Waals surface area contributed by atoms with Crippen LogP contribution in [0.2, 0.25) is 0 Å². The summed E-state index contributed by atoms with van der Waals surface area (Å²) >= 11 is 0. The van der Waals surface area contributed by atoms with Crippen molar-refractivity contribution in [1.82, 2.24) is 15.6 Å². The third-order valence-electron chi connectivity index (χ3n) is 7.04. The zero-order chi connectivity index (χ0) is 22.3. The lowest BCUT2D eigenvalue weighted by atomic mass is 9.96. The fourth-order valence-corrected chi connectivity index (χ4v) is 5.48. The normalized spacial score (nSPS) is 27.4. The summed E-state index contributed by atoms with van der Waals surface area (Å²) in [5, 5.41) is 6.54. The van der Waals surface area contributed by atoms with E-state index in [0.717, 1.165) is 38.4 Å². The van der Waals surface area contributed by atoms with Crippen molar-refractivity contribution in [3.8, 4) is 11.1 Å². The van der Waals surface area contributed by atoms with Gasteiger partial charge in [0.2, 0.25) is 0 Å². The maximum Gasteiger partial charge on any atom is 0.255 e. The molecule has 1 amide bonds. The minimum Gasteiger partial charge on any atom is -0.368 e. The fourth-order valence-electron chi connectivity index (χ4n) is 5.48. The van der Waals surface area contributed by atoms with Crippen LogP contribution >= 0.6 is 0 Å². The largest absolute Gasteiger partial charge is 0.368 e. The molecule has 3 fully saturated rings. The van der Waals surface area contributed by atoms with Crippen LogP contribution in [0.1, 0.15) is 48.9 Å². The Morgan fingerprint density at radius 3 is 2.66 bits per heavy atom. The molecule has 1 unspecified atom stereocenters. The topological polar surface area (TPSA) is 57.3 Å². The van der Waals surface area contributed by atoms with Crippen molar-refractivity contribution in [3.05, 3.63) is 47.8 Å². The molecule has 1 spiro atoms. The van der Waals surface area contributed by atoms with Crippen molar-refractivity contribution in [3.63, 3.8) is 0 Å². The molecule has 0 radical (unpaired) electrons. The number of carbonyl (C=O) groups excluding carboxylic acids is 1. The summed E-state index contributed by atoms with van der Waals surface area (Å²) in [7, 11) is 0. The summed E-state index contributed by atoms with van der Waals surface area (Å²) in [6.45, 7) is 2.39. The highest BCUT2D eigenvalue weighted by atomic mass is 19.1. The first-order valence-electron chi connectivity index (χ1n) is 11.3. The zero-order valence-electron chi connectivity index (χ0n) is 17.8. The Morgan fingerprint density at radius 2 is 1.97 bits per heavy atom. The summed E-state index contributed by atoms with van der Waals surface area (Å²) in [5.74, 6) is -1.70. The second-order valence-corrected chi connectivity index (χ2v) is 9.30. The van der Waals surface area contributed by atoms with Crippen LogP contribution in [0.25, 0.3) is 11.1 Å². The molecule has 1 saturated carbocycles. The van der Waals surface area contributed by atoms with Gasteiger partial charge < -0.3 is 15.5 Å². The fraction of sp³-hybridized carbons (Fsp3) is 0.500. The van der Waals surface area contributed by atoms with Crippen LogP contribution in [0, 0.1) is 11.6 Å². The van der Waals surface area contributed by atoms with Gasteiger partial charge in [-0.2, -0.15) is 0 Å². The molecule has 0 bridgehead atoms. The number of nitrogens with zero attached hydrogens (tertiary/aromatic N) is 2. The molecular formula is C24H27F3N4O. The van der Waals surface area contributed by atoms with Crippen LogP contribution in [-0.2, 0) is 0 Å². The van der Waals surface area contributed by atoms with Gasteiger partial charge in [0.05, 0.1) is 11.3 Å². The summed E-state index contributed by atoms with van der Waals surface area (Å²) in [4.78, 5) is 19.6. The van der Waals surface area contributed by atoms with Crippen molar-refractivity contribution < 1.29 is 18.0 Å². The minimum absolute atomic E-state index is 0.00558. The lowest BCUT2D eigenvalue weighted by molar-refractivity contribution is 0.0937. The van der Waals surface area contributed by atoms with Crippen LogP contribution in [0.5, 0.6) is 0 Å². The molecule has 8 heteroatoms. The average Bonchev–Trinajstić information content (AvgIpc) is 3.50. The monoisotopic (exact) mass is 444 g/mol. The average molecular weight is 445 g/mol. The third kappa shape index (κ3) is 4.08. The van der Waals surface area contributed by atoms with E-state index in [1.165, 1.54) is 18.3 Å². The molecule has 2 aromatic rings. The standard InChI is InChI=1S/C24H27F3N4O/c25-16-2-3-19(11-16)30-23(32)21-13-28-12-20(15-8-17(26)10-18(27)9-15)22(21)31-7-5-24(14-31)4-1-6-29-24/h8-10,12-13,16,19,29H,1-7,11,14H2,(H,30,32)/t16-,19+,24?/m0/s1. The molecule has 1 aromatic heterocycles. The number of amides is 1. The highest BCUT2D eigenvalue weighted by Crippen LogP contribution is 2.40. The first-order valence-corrected chi connectivity index (χ1v) is 11.3. The predicted octanol–water partition coefficient (Wildman–Crippen LogP) is 3.98. The Labute approximate surface area is 185 Å². The quantitative estimate of drug-likeness (QED) is 0.749. The number of hydrogen-bond acceptors (Lipinski definition) is 4. The maximum absolute atomic E-state index is 14.0. The number of aromatic nitrogens is 1. The second kappa shape index (κ2) is 8.39. The van der Waals surface area contributed by atoms with Crippen LogP contribution in [0.4, 0.5) is 18.9 Å². The highest BCUT2D eigenvalue weighted by molar-refractivity contribution is 6.03. The molecule has 170 valence electrons. The number of anilines is 1. The summed E-state index contributed by atoms with van der Waals surface area (Å²) in [6, 6.07) is 3.13. The maximum atomic E-state index is 14.0. The van der Waals surface area contributed by atoms with Gasteiger partial charge in [-0.15, -0.1) is 0 Å². The number of alkyl halides is 1. The molecule has 3 heterocycles. The second-order valence-electron chi connectivity index (χ2n) is 9.30. The summed E-state index contributed by atoms with van der Waals surface area (Å²) in [5.41, 5.74) is 1.83. The Morgan fingerprint density at radius 1 is 1.16 bits per heavy atom. The molecule has 2 N–H and O–H groups in total. The van der Waals surface area contributed by atoms with Crippen LogP contribution < -0.4 is 15.5 Å². The van der Waals surface area contributed by atoms with E-state index in [1.807, 2.05) is 0 Å². The molecule has 2 aliphatic heterocycles. The molecule has 32 heavy (non-hydrogen) atoms. The van der Waals surface area contributed by atoms with Crippen molar-refractivity contribution in [2.24, 2.45) is 0 Å². The molecule has 2 saturated heterocycles. The van der Waals surface area contributed by atoms with Gasteiger partial charge in [-0.25, -0.2) is 13.2 Å². The number of hydrogen-bond donors (Lipinski definition) is 2. The number of halogens is 3. The molecule has 5 nitrogen and oxygen atoms in total. The van der Waals surface area contributed by atoms with Gasteiger partial charge in [-0.1, -0.05) is 0 Å². The van der Waals surface area contributed by atoms with Gasteiger partial charge in [0, 0.05) is 48.7 Å². The lowest BCUT2D eigenvalue weighted by Gasteiger charge is -2.28. The Hall–Kier alpha value is -2.61. The Bertz CT molecular complexity index is 1000. The van der Waals surface area contributed by atoms with Crippen molar-refractivity contribution in [2.75, 3.05) is 24.5 Å². The number of carbonyl (C=O) groups is 1. The number of pyridine rings is 1. The molecule has 1 aromatic carbocycles. The van der Waals surface area contributed by atoms with Gasteiger partial charge in [-0.3, -0.25) is 9.78 Å². The van der Waals surface area contributed by atoms with Crippen LogP contribution in [-0.4, -0.2) is 48.3 Å². The first-order chi connectivity index (χ1) is 15.4. The van der Waals surface area contributed by atoms with Gasteiger partial charge in [0.1, 0.15) is 17.8 Å². The van der Waals surface area contributed by atoms with E-state index >= 15 is 0 Å². The van der Waals surface area contributed by atoms with Crippen molar-refractivity contribution in [2.45, 2.75) is 56.3 Å². The molecule has 1 aliphatic carbocycles. The van der Waals surface area contributed by atoms with E-state index in [2.05, 4.69) is 20.5 Å². The first kappa shape index (κ1) is 21.2. The Balaban J connectivity index is 1.55. The van der Waals surface area contributed by atoms with E-state index in [4.69, 9.17) is 0 Å². The molecule has 3 aliphatic rings. The number of rotatable bonds is 4. The van der Waals surface area contributed by atoms with Gasteiger partial charge in [0.25, 0.3) is 5.91 Å². The van der Waals surface area contributed by atoms with Crippen LogP contribution in [0.15, 0.2) is 30.6 Å². The van der Waals surface area contributed by atoms with Gasteiger partial charge in [0.15, 0.2) is 0 Å². The smallest absolute Gasteiger partial charge is 0.255 e.